The molecule has 0 saturated heterocycles. The lowest BCUT2D eigenvalue weighted by atomic mass is 10.0. The molecule has 0 amide bonds. The van der Waals surface area contributed by atoms with E-state index in [9.17, 15) is 15.0 Å². The van der Waals surface area contributed by atoms with Gasteiger partial charge in [0.1, 0.15) is 6.10 Å². The van der Waals surface area contributed by atoms with Crippen molar-refractivity contribution in [2.24, 2.45) is 5.92 Å². The fourth-order valence-electron chi connectivity index (χ4n) is 4.76. The normalized spacial score (nSPS) is 28.3. The summed E-state index contributed by atoms with van der Waals surface area (Å²) in [5, 5.41) is 42.9. The van der Waals surface area contributed by atoms with Gasteiger partial charge in [-0.2, -0.15) is 0 Å². The van der Waals surface area contributed by atoms with Crippen LogP contribution in [0.4, 0.5) is 5.82 Å². The van der Waals surface area contributed by atoms with Crippen LogP contribution in [-0.4, -0.2) is 70.3 Å². The number of thioether (sulfide) groups is 1. The number of nitrogens with one attached hydrogen (secondary N) is 1. The molecular weight excluding hydrogens is 456 g/mol. The molecule has 2 fully saturated rings. The lowest BCUT2D eigenvalue weighted by Crippen LogP contribution is -2.30. The molecule has 4 N–H and O–H groups in total. The van der Waals surface area contributed by atoms with Gasteiger partial charge in [0.25, 0.3) is 0 Å². The summed E-state index contributed by atoms with van der Waals surface area (Å²) in [4.78, 5) is 20.6. The van der Waals surface area contributed by atoms with E-state index in [2.05, 4.69) is 39.7 Å². The highest BCUT2D eigenvalue weighted by molar-refractivity contribution is 7.99. The molecule has 1 aromatic carbocycles. The fourth-order valence-corrected chi connectivity index (χ4v) is 5.45. The van der Waals surface area contributed by atoms with Crippen LogP contribution in [0, 0.1) is 5.92 Å². The standard InChI is InChI=1S/C23H28N6O4S/c1-2-8-34-23-25-21(24-15-11-14(15)12-6-4-3-5-7-12)18-22(26-23)29(28-27-18)16-9-13(10-17(30)31)19(32)20(16)33/h3-7,13-16,19-20,32-33H,2,8-11H2,1H3,(H,30,31)(H,24,25,26)/t13-,14?,15?,16-,19-,20+/m1/s1. The summed E-state index contributed by atoms with van der Waals surface area (Å²) in [6.07, 6.45) is -0.287. The highest BCUT2D eigenvalue weighted by Crippen LogP contribution is 2.44. The molecule has 0 radical (unpaired) electrons. The Morgan fingerprint density at radius 2 is 1.97 bits per heavy atom. The Kier molecular flexibility index (Phi) is 6.41. The van der Waals surface area contributed by atoms with E-state index >= 15 is 0 Å². The molecular formula is C23H28N6O4S. The predicted octanol–water partition coefficient (Wildman–Crippen LogP) is 2.45. The van der Waals surface area contributed by atoms with Gasteiger partial charge in [0, 0.05) is 17.7 Å². The molecule has 2 aliphatic rings. The molecule has 11 heteroatoms. The number of aromatic nitrogens is 5. The number of hydrogen-bond donors (Lipinski definition) is 4. The number of aliphatic hydroxyl groups is 2. The number of rotatable bonds is 9. The number of carboxylic acid groups (broad SMARTS) is 1. The van der Waals surface area contributed by atoms with Crippen molar-refractivity contribution in [2.45, 2.75) is 68.0 Å². The zero-order chi connectivity index (χ0) is 23.8. The molecule has 0 aliphatic heterocycles. The molecule has 6 atom stereocenters. The molecule has 10 nitrogen and oxygen atoms in total. The van der Waals surface area contributed by atoms with Gasteiger partial charge >= 0.3 is 5.97 Å². The summed E-state index contributed by atoms with van der Waals surface area (Å²) in [7, 11) is 0. The Hall–Kier alpha value is -2.76. The van der Waals surface area contributed by atoms with Gasteiger partial charge in [-0.05, 0) is 30.7 Å². The first-order valence-electron chi connectivity index (χ1n) is 11.6. The van der Waals surface area contributed by atoms with Gasteiger partial charge in [0.05, 0.1) is 18.6 Å². The minimum atomic E-state index is -1.15. The third kappa shape index (κ3) is 4.47. The van der Waals surface area contributed by atoms with E-state index in [1.807, 2.05) is 18.2 Å². The van der Waals surface area contributed by atoms with E-state index in [-0.39, 0.29) is 18.9 Å². The van der Waals surface area contributed by atoms with Crippen molar-refractivity contribution in [3.63, 3.8) is 0 Å². The Bertz CT molecular complexity index is 1170. The average Bonchev–Trinajstić information content (AvgIpc) is 3.39. The van der Waals surface area contributed by atoms with Gasteiger partial charge in [-0.1, -0.05) is 54.2 Å². The minimum Gasteiger partial charge on any atom is -0.481 e. The summed E-state index contributed by atoms with van der Waals surface area (Å²) in [5.74, 6) is 0.284. The zero-order valence-corrected chi connectivity index (χ0v) is 19.6. The molecule has 3 aromatic rings. The van der Waals surface area contributed by atoms with Crippen molar-refractivity contribution < 1.29 is 20.1 Å². The molecule has 5 rings (SSSR count). The number of fused-ring (bicyclic) bond motifs is 1. The zero-order valence-electron chi connectivity index (χ0n) is 18.8. The second kappa shape index (κ2) is 9.47. The van der Waals surface area contributed by atoms with Crippen LogP contribution in [-0.2, 0) is 4.79 Å². The molecule has 2 aliphatic carbocycles. The maximum absolute atomic E-state index is 11.2. The van der Waals surface area contributed by atoms with E-state index in [0.717, 1.165) is 18.6 Å². The summed E-state index contributed by atoms with van der Waals surface area (Å²) in [6, 6.07) is 9.95. The first kappa shape index (κ1) is 23.0. The van der Waals surface area contributed by atoms with Gasteiger partial charge in [0.15, 0.2) is 22.1 Å². The lowest BCUT2D eigenvalue weighted by molar-refractivity contribution is -0.139. The number of anilines is 1. The van der Waals surface area contributed by atoms with Crippen LogP contribution < -0.4 is 5.32 Å². The van der Waals surface area contributed by atoms with Gasteiger partial charge in [-0.15, -0.1) is 5.10 Å². The number of nitrogens with zero attached hydrogens (tertiary/aromatic N) is 5. The van der Waals surface area contributed by atoms with Crippen molar-refractivity contribution in [1.29, 1.82) is 0 Å². The minimum absolute atomic E-state index is 0.219. The van der Waals surface area contributed by atoms with E-state index in [1.165, 1.54) is 22.0 Å². The largest absolute Gasteiger partial charge is 0.481 e. The Morgan fingerprint density at radius 3 is 2.71 bits per heavy atom. The van der Waals surface area contributed by atoms with Crippen LogP contribution in [0.3, 0.4) is 0 Å². The molecule has 180 valence electrons. The fraction of sp³-hybridized carbons (Fsp3) is 0.522. The van der Waals surface area contributed by atoms with Crippen molar-refractivity contribution in [3.05, 3.63) is 35.9 Å². The lowest BCUT2D eigenvalue weighted by Gasteiger charge is -2.17. The molecule has 2 heterocycles. The number of benzene rings is 1. The van der Waals surface area contributed by atoms with Crippen molar-refractivity contribution in [1.82, 2.24) is 25.0 Å². The van der Waals surface area contributed by atoms with Crippen LogP contribution in [0.25, 0.3) is 11.2 Å². The van der Waals surface area contributed by atoms with E-state index in [0.29, 0.717) is 28.1 Å². The monoisotopic (exact) mass is 484 g/mol. The number of aliphatic carboxylic acids is 1. The SMILES string of the molecule is CCCSc1nc(NC2CC2c2ccccc2)c2nnn([C@@H]3C[C@H](CC(=O)O)[C@@H](O)[C@H]3O)c2n1. The summed E-state index contributed by atoms with van der Waals surface area (Å²) < 4.78 is 1.52. The smallest absolute Gasteiger partial charge is 0.303 e. The maximum atomic E-state index is 11.2. The highest BCUT2D eigenvalue weighted by Gasteiger charge is 2.45. The summed E-state index contributed by atoms with van der Waals surface area (Å²) in [5.41, 5.74) is 2.25. The molecule has 34 heavy (non-hydrogen) atoms. The van der Waals surface area contributed by atoms with Gasteiger partial charge in [-0.3, -0.25) is 4.79 Å². The first-order valence-corrected chi connectivity index (χ1v) is 12.6. The third-order valence-corrected chi connectivity index (χ3v) is 7.65. The molecule has 2 aromatic heterocycles. The van der Waals surface area contributed by atoms with E-state index < -0.39 is 30.1 Å². The van der Waals surface area contributed by atoms with Gasteiger partial charge in [-0.25, -0.2) is 14.6 Å². The third-order valence-electron chi connectivity index (χ3n) is 6.60. The molecule has 0 bridgehead atoms. The molecule has 0 spiro atoms. The topological polar surface area (TPSA) is 146 Å². The van der Waals surface area contributed by atoms with Crippen molar-refractivity contribution in [3.8, 4) is 0 Å². The summed E-state index contributed by atoms with van der Waals surface area (Å²) in [6.45, 7) is 2.09. The Morgan fingerprint density at radius 1 is 1.18 bits per heavy atom. The van der Waals surface area contributed by atoms with Crippen LogP contribution in [0.15, 0.2) is 35.5 Å². The maximum Gasteiger partial charge on any atom is 0.303 e. The Balaban J connectivity index is 1.45. The molecule has 2 saturated carbocycles. The van der Waals surface area contributed by atoms with Crippen LogP contribution in [0.2, 0.25) is 0 Å². The van der Waals surface area contributed by atoms with E-state index in [1.54, 1.807) is 0 Å². The summed E-state index contributed by atoms with van der Waals surface area (Å²) >= 11 is 1.54. The van der Waals surface area contributed by atoms with Gasteiger partial charge in [0.2, 0.25) is 0 Å². The van der Waals surface area contributed by atoms with Crippen LogP contribution in [0.5, 0.6) is 0 Å². The number of carboxylic acids is 1. The Labute approximate surface area is 200 Å². The van der Waals surface area contributed by atoms with Crippen LogP contribution in [0.1, 0.15) is 50.1 Å². The second-order valence-electron chi connectivity index (χ2n) is 9.06. The number of carbonyl (C=O) groups is 1. The number of hydrogen-bond acceptors (Lipinski definition) is 9. The van der Waals surface area contributed by atoms with Crippen molar-refractivity contribution in [2.75, 3.05) is 11.1 Å². The van der Waals surface area contributed by atoms with Crippen molar-refractivity contribution >= 4 is 34.7 Å². The van der Waals surface area contributed by atoms with Crippen LogP contribution >= 0.6 is 11.8 Å². The van der Waals surface area contributed by atoms with Gasteiger partial charge < -0.3 is 20.6 Å². The predicted molar refractivity (Wildman–Crippen MR) is 127 cm³/mol. The second-order valence-corrected chi connectivity index (χ2v) is 10.1. The average molecular weight is 485 g/mol. The quantitative estimate of drug-likeness (QED) is 0.264. The molecule has 2 unspecified atom stereocenters. The highest BCUT2D eigenvalue weighted by atomic mass is 32.2. The first-order chi connectivity index (χ1) is 16.5. The number of aliphatic hydroxyl groups excluding tert-OH is 2. The van der Waals surface area contributed by atoms with E-state index in [4.69, 9.17) is 10.1 Å².